The number of aromatic nitrogens is 4. The number of carbonyl (C=O) groups excluding carboxylic acids is 1. The number of alkyl halides is 3. The van der Waals surface area contributed by atoms with Gasteiger partial charge in [-0.15, -0.1) is 13.2 Å². The van der Waals surface area contributed by atoms with Crippen LogP contribution in [0.15, 0.2) is 116 Å². The summed E-state index contributed by atoms with van der Waals surface area (Å²) in [5.74, 6) is 0.279. The lowest BCUT2D eigenvalue weighted by Crippen LogP contribution is -2.32. The Morgan fingerprint density at radius 3 is 2.19 bits per heavy atom. The summed E-state index contributed by atoms with van der Waals surface area (Å²) in [7, 11) is 0. The lowest BCUT2D eigenvalue weighted by atomic mass is 9.89. The Labute approximate surface area is 367 Å². The van der Waals surface area contributed by atoms with Gasteiger partial charge in [-0.1, -0.05) is 42.8 Å². The molecule has 63 heavy (non-hydrogen) atoms. The van der Waals surface area contributed by atoms with Crippen molar-refractivity contribution in [3.63, 3.8) is 0 Å². The first-order valence-electron chi connectivity index (χ1n) is 21.2. The number of ether oxygens (including phenoxy) is 1. The van der Waals surface area contributed by atoms with Crippen molar-refractivity contribution < 1.29 is 27.1 Å². The van der Waals surface area contributed by atoms with E-state index in [1.54, 1.807) is 40.9 Å². The predicted octanol–water partition coefficient (Wildman–Crippen LogP) is 11.3. The van der Waals surface area contributed by atoms with Gasteiger partial charge >= 0.3 is 6.36 Å². The minimum atomic E-state index is -4.68. The minimum absolute atomic E-state index is 0.200. The third kappa shape index (κ3) is 10.8. The fraction of sp³-hybridized carbons (Fsp3) is 0.292. The van der Waals surface area contributed by atoms with Gasteiger partial charge in [0.15, 0.2) is 0 Å². The SMILES string of the molecule is CCc1nc2ccc(Cl)cn2c1C(=O)NCc1ccc(N2CCC(c3ccc(OC(F)(F)F)cc3)CC2)cc1.Fc1ccc2c(Nc3ccc(N4CCCCC4)cc3)ncnc2c1. The third-order valence-electron chi connectivity index (χ3n) is 11.5. The predicted molar refractivity (Wildman–Crippen MR) is 240 cm³/mol. The molecule has 0 unspecified atom stereocenters. The number of aryl methyl sites for hydroxylation is 1. The molecule has 2 saturated heterocycles. The zero-order valence-electron chi connectivity index (χ0n) is 34.7. The molecule has 10 nitrogen and oxygen atoms in total. The Balaban J connectivity index is 0.000000193. The van der Waals surface area contributed by atoms with Crippen LogP contribution in [0.1, 0.15) is 72.3 Å². The first kappa shape index (κ1) is 43.2. The summed E-state index contributed by atoms with van der Waals surface area (Å²) in [6, 6.07) is 30.8. The molecule has 0 radical (unpaired) electrons. The quantitative estimate of drug-likeness (QED) is 0.131. The fourth-order valence-corrected chi connectivity index (χ4v) is 8.39. The van der Waals surface area contributed by atoms with Gasteiger partial charge in [-0.2, -0.15) is 0 Å². The maximum absolute atomic E-state index is 13.3. The van der Waals surface area contributed by atoms with Crippen LogP contribution in [-0.4, -0.2) is 57.8 Å². The van der Waals surface area contributed by atoms with E-state index in [1.807, 2.05) is 19.1 Å². The van der Waals surface area contributed by atoms with Gasteiger partial charge in [0.25, 0.3) is 5.91 Å². The summed E-state index contributed by atoms with van der Waals surface area (Å²) in [5, 5.41) is 7.64. The summed E-state index contributed by atoms with van der Waals surface area (Å²) < 4.78 is 56.2. The van der Waals surface area contributed by atoms with E-state index in [9.17, 15) is 22.4 Å². The standard InChI is InChI=1S/C29H28ClF3N4O2.C19H19FN4/c1-2-25-27(37-18-22(30)7-12-26(37)35-25)28(38)34-17-19-3-8-23(9-4-19)36-15-13-21(14-16-36)20-5-10-24(11-6-20)39-29(31,32)33;20-14-4-9-17-18(12-14)21-13-22-19(17)23-15-5-7-16(8-6-15)24-10-2-1-3-11-24/h3-12,18,21H,2,13-17H2,1H3,(H,34,38);4-9,12-13H,1-3,10-11H2,(H,21,22,23). The van der Waals surface area contributed by atoms with E-state index < -0.39 is 6.36 Å². The molecule has 2 aliphatic heterocycles. The number of hydrogen-bond donors (Lipinski definition) is 2. The van der Waals surface area contributed by atoms with Gasteiger partial charge in [0, 0.05) is 67.4 Å². The normalized spacial score (nSPS) is 14.6. The van der Waals surface area contributed by atoms with Crippen LogP contribution < -0.4 is 25.2 Å². The Morgan fingerprint density at radius 2 is 1.51 bits per heavy atom. The topological polar surface area (TPSA) is 99.9 Å². The first-order chi connectivity index (χ1) is 30.5. The lowest BCUT2D eigenvalue weighted by Gasteiger charge is -2.34. The number of hydrogen-bond acceptors (Lipinski definition) is 8. The van der Waals surface area contributed by atoms with Crippen LogP contribution >= 0.6 is 11.6 Å². The van der Waals surface area contributed by atoms with E-state index >= 15 is 0 Å². The molecule has 0 saturated carbocycles. The number of benzene rings is 4. The van der Waals surface area contributed by atoms with Crippen molar-refractivity contribution in [3.8, 4) is 5.75 Å². The van der Waals surface area contributed by atoms with Gasteiger partial charge in [0.05, 0.1) is 16.2 Å². The van der Waals surface area contributed by atoms with Crippen molar-refractivity contribution in [2.75, 3.05) is 41.3 Å². The van der Waals surface area contributed by atoms with E-state index in [-0.39, 0.29) is 23.4 Å². The van der Waals surface area contributed by atoms with E-state index in [2.05, 4.69) is 76.5 Å². The van der Waals surface area contributed by atoms with Crippen LogP contribution in [0.2, 0.25) is 5.02 Å². The second-order valence-electron chi connectivity index (χ2n) is 15.7. The molecule has 9 rings (SSSR count). The number of carbonyl (C=O) groups is 1. The molecule has 4 aromatic carbocycles. The van der Waals surface area contributed by atoms with Crippen molar-refractivity contribution >= 4 is 56.9 Å². The smallest absolute Gasteiger partial charge is 0.406 e. The highest BCUT2D eigenvalue weighted by atomic mass is 35.5. The maximum atomic E-state index is 13.3. The van der Waals surface area contributed by atoms with E-state index in [0.29, 0.717) is 40.7 Å². The number of nitrogens with zero attached hydrogens (tertiary/aromatic N) is 6. The second-order valence-corrected chi connectivity index (χ2v) is 16.1. The molecule has 5 heterocycles. The number of pyridine rings is 1. The number of piperidine rings is 2. The van der Waals surface area contributed by atoms with Crippen molar-refractivity contribution in [3.05, 3.63) is 149 Å². The summed E-state index contributed by atoms with van der Waals surface area (Å²) in [6.07, 6.45) is 4.77. The van der Waals surface area contributed by atoms with Crippen LogP contribution in [0.5, 0.6) is 5.75 Å². The average Bonchev–Trinajstić information content (AvgIpc) is 3.67. The molecule has 0 aliphatic carbocycles. The number of rotatable bonds is 10. The van der Waals surface area contributed by atoms with Crippen molar-refractivity contribution in [1.82, 2.24) is 24.7 Å². The van der Waals surface area contributed by atoms with Gasteiger partial charge in [-0.05, 0) is 128 Å². The molecule has 2 N–H and O–H groups in total. The Kier molecular flexibility index (Phi) is 13.3. The Hall–Kier alpha value is -6.41. The molecule has 0 atom stereocenters. The van der Waals surface area contributed by atoms with Gasteiger partial charge in [0.2, 0.25) is 0 Å². The van der Waals surface area contributed by atoms with Crippen LogP contribution in [0.4, 0.5) is 40.4 Å². The Morgan fingerprint density at radius 1 is 0.825 bits per heavy atom. The second kappa shape index (κ2) is 19.3. The van der Waals surface area contributed by atoms with Crippen molar-refractivity contribution in [2.24, 2.45) is 0 Å². The molecule has 2 fully saturated rings. The average molecular weight is 879 g/mol. The zero-order valence-corrected chi connectivity index (χ0v) is 35.5. The van der Waals surface area contributed by atoms with Gasteiger partial charge in [-0.3, -0.25) is 9.20 Å². The van der Waals surface area contributed by atoms with Crippen LogP contribution in [-0.2, 0) is 13.0 Å². The van der Waals surface area contributed by atoms with Gasteiger partial charge in [-0.25, -0.2) is 19.3 Å². The van der Waals surface area contributed by atoms with Crippen LogP contribution in [0, 0.1) is 5.82 Å². The molecule has 326 valence electrons. The molecule has 2 aliphatic rings. The monoisotopic (exact) mass is 878 g/mol. The number of fused-ring (bicyclic) bond motifs is 2. The number of amides is 1. The summed E-state index contributed by atoms with van der Waals surface area (Å²) in [6.45, 7) is 6.30. The van der Waals surface area contributed by atoms with E-state index in [4.69, 9.17) is 11.6 Å². The number of anilines is 4. The minimum Gasteiger partial charge on any atom is -0.406 e. The third-order valence-corrected chi connectivity index (χ3v) is 11.7. The van der Waals surface area contributed by atoms with Crippen molar-refractivity contribution in [2.45, 2.75) is 64.3 Å². The number of nitrogens with one attached hydrogen (secondary N) is 2. The highest BCUT2D eigenvalue weighted by molar-refractivity contribution is 6.30. The highest BCUT2D eigenvalue weighted by Gasteiger charge is 2.31. The highest BCUT2D eigenvalue weighted by Crippen LogP contribution is 2.33. The molecule has 7 aromatic rings. The van der Waals surface area contributed by atoms with Crippen LogP contribution in [0.25, 0.3) is 16.6 Å². The van der Waals surface area contributed by atoms with E-state index in [1.165, 1.54) is 55.5 Å². The number of imidazole rings is 1. The molecular weight excluding hydrogens is 832 g/mol. The van der Waals surface area contributed by atoms with Crippen molar-refractivity contribution in [1.29, 1.82) is 0 Å². The summed E-state index contributed by atoms with van der Waals surface area (Å²) in [5.41, 5.74) is 7.82. The summed E-state index contributed by atoms with van der Waals surface area (Å²) in [4.78, 5) is 30.7. The lowest BCUT2D eigenvalue weighted by molar-refractivity contribution is -0.274. The zero-order chi connectivity index (χ0) is 43.9. The fourth-order valence-electron chi connectivity index (χ4n) is 8.23. The molecule has 0 spiro atoms. The number of halogens is 5. The first-order valence-corrected chi connectivity index (χ1v) is 21.5. The van der Waals surface area contributed by atoms with Gasteiger partial charge in [0.1, 0.15) is 35.1 Å². The van der Waals surface area contributed by atoms with Gasteiger partial charge < -0.3 is 25.2 Å². The molecule has 3 aromatic heterocycles. The molecule has 15 heteroatoms. The molecule has 1 amide bonds. The van der Waals surface area contributed by atoms with E-state index in [0.717, 1.165) is 72.6 Å². The van der Waals surface area contributed by atoms with Crippen LogP contribution in [0.3, 0.4) is 0 Å². The molecule has 0 bridgehead atoms. The largest absolute Gasteiger partial charge is 0.573 e. The maximum Gasteiger partial charge on any atom is 0.573 e. The summed E-state index contributed by atoms with van der Waals surface area (Å²) >= 11 is 6.14. The molecular formula is C48H47ClF4N8O2. The Bertz CT molecular complexity index is 2640.